The van der Waals surface area contributed by atoms with Crippen LogP contribution in [0.4, 0.5) is 5.69 Å². The molecule has 0 radical (unpaired) electrons. The van der Waals surface area contributed by atoms with Gasteiger partial charge < -0.3 is 16.6 Å². The van der Waals surface area contributed by atoms with Crippen molar-refractivity contribution in [2.24, 2.45) is 11.1 Å². The number of carboxylic acids is 1. The quantitative estimate of drug-likeness (QED) is 0.640. The number of nitrogens with two attached hydrogens (primary N) is 2. The van der Waals surface area contributed by atoms with E-state index >= 15 is 0 Å². The lowest BCUT2D eigenvalue weighted by molar-refractivity contribution is -0.147. The minimum Gasteiger partial charge on any atom is -0.481 e. The molecule has 1 aromatic rings. The lowest BCUT2D eigenvalue weighted by atomic mass is 9.83. The van der Waals surface area contributed by atoms with Crippen LogP contribution in [0.25, 0.3) is 0 Å². The number of nitrogen functional groups attached to an aromatic ring is 1. The molecule has 0 aliphatic carbocycles. The topological polar surface area (TPSA) is 89.3 Å². The van der Waals surface area contributed by atoms with E-state index in [-0.39, 0.29) is 6.54 Å². The molecule has 1 unspecified atom stereocenters. The molecule has 1 aromatic carbocycles. The number of hydrogen-bond donors (Lipinski definition) is 3. The predicted octanol–water partition coefficient (Wildman–Crippen LogP) is 0.861. The molecule has 4 heteroatoms. The fraction of sp³-hybridized carbons (Fsp3) is 0.364. The van der Waals surface area contributed by atoms with E-state index in [1.165, 1.54) is 0 Å². The standard InChI is InChI=1S/C11H16N2O2/c1-11(7-12,10(14)15)6-8-4-2-3-5-9(8)13/h2-5H,6-7,12-13H2,1H3,(H,14,15). The van der Waals surface area contributed by atoms with E-state index in [4.69, 9.17) is 16.6 Å². The van der Waals surface area contributed by atoms with Crippen LogP contribution in [0.5, 0.6) is 0 Å². The van der Waals surface area contributed by atoms with Crippen molar-refractivity contribution in [1.29, 1.82) is 0 Å². The second kappa shape index (κ2) is 4.31. The van der Waals surface area contributed by atoms with Gasteiger partial charge in [-0.05, 0) is 25.0 Å². The van der Waals surface area contributed by atoms with Crippen LogP contribution in [0, 0.1) is 5.41 Å². The van der Waals surface area contributed by atoms with Gasteiger partial charge in [-0.1, -0.05) is 18.2 Å². The summed E-state index contributed by atoms with van der Waals surface area (Å²) in [5.74, 6) is -0.895. The van der Waals surface area contributed by atoms with E-state index in [1.54, 1.807) is 13.0 Å². The molecule has 0 saturated carbocycles. The molecule has 0 amide bonds. The lowest BCUT2D eigenvalue weighted by Gasteiger charge is -2.23. The van der Waals surface area contributed by atoms with Gasteiger partial charge in [0.1, 0.15) is 0 Å². The maximum atomic E-state index is 11.0. The van der Waals surface area contributed by atoms with Crippen LogP contribution in [0.3, 0.4) is 0 Å². The molecule has 0 spiro atoms. The minimum absolute atomic E-state index is 0.0939. The molecule has 1 rings (SSSR count). The highest BCUT2D eigenvalue weighted by molar-refractivity contribution is 5.75. The van der Waals surface area contributed by atoms with Crippen LogP contribution in [0.15, 0.2) is 24.3 Å². The van der Waals surface area contributed by atoms with Gasteiger partial charge >= 0.3 is 5.97 Å². The van der Waals surface area contributed by atoms with Gasteiger partial charge in [0.05, 0.1) is 5.41 Å². The second-order valence-electron chi connectivity index (χ2n) is 3.95. The minimum atomic E-state index is -0.949. The Morgan fingerprint density at radius 2 is 2.07 bits per heavy atom. The zero-order valence-corrected chi connectivity index (χ0v) is 8.73. The summed E-state index contributed by atoms with van der Waals surface area (Å²) >= 11 is 0. The van der Waals surface area contributed by atoms with E-state index < -0.39 is 11.4 Å². The summed E-state index contributed by atoms with van der Waals surface area (Å²) in [6, 6.07) is 7.24. The Bertz CT molecular complexity index is 365. The third kappa shape index (κ3) is 2.47. The first-order valence-corrected chi connectivity index (χ1v) is 4.76. The molecule has 0 aromatic heterocycles. The van der Waals surface area contributed by atoms with Crippen LogP contribution in [-0.2, 0) is 11.2 Å². The number of benzene rings is 1. The summed E-state index contributed by atoms with van der Waals surface area (Å²) in [6.45, 7) is 1.72. The smallest absolute Gasteiger partial charge is 0.310 e. The van der Waals surface area contributed by atoms with Crippen LogP contribution in [0.1, 0.15) is 12.5 Å². The third-order valence-electron chi connectivity index (χ3n) is 2.60. The van der Waals surface area contributed by atoms with Gasteiger partial charge in [0.2, 0.25) is 0 Å². The van der Waals surface area contributed by atoms with Crippen molar-refractivity contribution in [2.45, 2.75) is 13.3 Å². The molecule has 0 heterocycles. The number of para-hydroxylation sites is 1. The highest BCUT2D eigenvalue weighted by Gasteiger charge is 2.32. The number of hydrogen-bond acceptors (Lipinski definition) is 3. The number of carboxylic acid groups (broad SMARTS) is 1. The molecule has 1 atom stereocenters. The Hall–Kier alpha value is -1.55. The number of aliphatic carboxylic acids is 1. The molecule has 0 bridgehead atoms. The van der Waals surface area contributed by atoms with E-state index in [9.17, 15) is 4.79 Å². The summed E-state index contributed by atoms with van der Waals surface area (Å²) in [6.07, 6.45) is 0.353. The molecular weight excluding hydrogens is 192 g/mol. The molecule has 15 heavy (non-hydrogen) atoms. The Kier molecular flexibility index (Phi) is 3.31. The summed E-state index contributed by atoms with van der Waals surface area (Å²) in [5.41, 5.74) is 11.7. The number of carbonyl (C=O) groups is 1. The summed E-state index contributed by atoms with van der Waals surface area (Å²) in [4.78, 5) is 11.0. The van der Waals surface area contributed by atoms with Gasteiger partial charge in [-0.2, -0.15) is 0 Å². The number of rotatable bonds is 4. The molecule has 0 saturated heterocycles. The van der Waals surface area contributed by atoms with Gasteiger partial charge in [-0.15, -0.1) is 0 Å². The first kappa shape index (κ1) is 11.5. The van der Waals surface area contributed by atoms with Crippen LogP contribution >= 0.6 is 0 Å². The van der Waals surface area contributed by atoms with E-state index in [1.807, 2.05) is 18.2 Å². The highest BCUT2D eigenvalue weighted by Crippen LogP contribution is 2.24. The summed E-state index contributed by atoms with van der Waals surface area (Å²) in [7, 11) is 0. The van der Waals surface area contributed by atoms with E-state index in [0.29, 0.717) is 12.1 Å². The molecule has 0 aliphatic heterocycles. The highest BCUT2D eigenvalue weighted by atomic mass is 16.4. The average molecular weight is 208 g/mol. The second-order valence-corrected chi connectivity index (χ2v) is 3.95. The monoisotopic (exact) mass is 208 g/mol. The lowest BCUT2D eigenvalue weighted by Crippen LogP contribution is -2.37. The molecule has 0 aliphatic rings. The van der Waals surface area contributed by atoms with Crippen molar-refractivity contribution in [3.05, 3.63) is 29.8 Å². The van der Waals surface area contributed by atoms with Gasteiger partial charge in [0, 0.05) is 12.2 Å². The van der Waals surface area contributed by atoms with Gasteiger partial charge in [-0.3, -0.25) is 4.79 Å². The average Bonchev–Trinajstić information content (AvgIpc) is 2.21. The fourth-order valence-corrected chi connectivity index (χ4v) is 1.35. The van der Waals surface area contributed by atoms with Gasteiger partial charge in [0.25, 0.3) is 0 Å². The Morgan fingerprint density at radius 1 is 1.47 bits per heavy atom. The first-order chi connectivity index (χ1) is 6.99. The van der Waals surface area contributed by atoms with Crippen molar-refractivity contribution in [3.8, 4) is 0 Å². The van der Waals surface area contributed by atoms with E-state index in [0.717, 1.165) is 5.56 Å². The zero-order valence-electron chi connectivity index (χ0n) is 8.73. The van der Waals surface area contributed by atoms with Crippen LogP contribution in [-0.4, -0.2) is 17.6 Å². The van der Waals surface area contributed by atoms with Crippen molar-refractivity contribution in [3.63, 3.8) is 0 Å². The Balaban J connectivity index is 2.94. The first-order valence-electron chi connectivity index (χ1n) is 4.76. The Labute approximate surface area is 88.9 Å². The summed E-state index contributed by atoms with van der Waals surface area (Å²) in [5, 5.41) is 9.06. The third-order valence-corrected chi connectivity index (χ3v) is 2.60. The Morgan fingerprint density at radius 3 is 2.53 bits per heavy atom. The summed E-state index contributed by atoms with van der Waals surface area (Å²) < 4.78 is 0. The maximum Gasteiger partial charge on any atom is 0.310 e. The molecule has 0 fully saturated rings. The predicted molar refractivity (Wildman–Crippen MR) is 59.4 cm³/mol. The van der Waals surface area contributed by atoms with Gasteiger partial charge in [-0.25, -0.2) is 0 Å². The van der Waals surface area contributed by atoms with Crippen molar-refractivity contribution in [2.75, 3.05) is 12.3 Å². The van der Waals surface area contributed by atoms with Crippen molar-refractivity contribution >= 4 is 11.7 Å². The number of anilines is 1. The maximum absolute atomic E-state index is 11.0. The molecule has 4 nitrogen and oxygen atoms in total. The van der Waals surface area contributed by atoms with E-state index in [2.05, 4.69) is 0 Å². The molecular formula is C11H16N2O2. The van der Waals surface area contributed by atoms with Crippen LogP contribution < -0.4 is 11.5 Å². The largest absolute Gasteiger partial charge is 0.481 e. The fourth-order valence-electron chi connectivity index (χ4n) is 1.35. The van der Waals surface area contributed by atoms with Crippen molar-refractivity contribution in [1.82, 2.24) is 0 Å². The van der Waals surface area contributed by atoms with Gasteiger partial charge in [0.15, 0.2) is 0 Å². The molecule has 5 N–H and O–H groups in total. The normalized spacial score (nSPS) is 14.5. The van der Waals surface area contributed by atoms with Crippen molar-refractivity contribution < 1.29 is 9.90 Å². The zero-order chi connectivity index (χ0) is 11.5. The SMILES string of the molecule is CC(CN)(Cc1ccccc1N)C(=O)O. The molecule has 82 valence electrons. The van der Waals surface area contributed by atoms with Crippen LogP contribution in [0.2, 0.25) is 0 Å².